The Kier molecular flexibility index (Phi) is 6.23. The molecule has 0 aliphatic carbocycles. The highest BCUT2D eigenvalue weighted by Gasteiger charge is 2.38. The van der Waals surface area contributed by atoms with E-state index in [0.717, 1.165) is 49.2 Å². The molecule has 2 aliphatic heterocycles. The van der Waals surface area contributed by atoms with Crippen LogP contribution in [0.3, 0.4) is 0 Å². The normalized spacial score (nSPS) is 13.1. The molecule has 246 valence electrons. The first kappa shape index (κ1) is 29.5. The molecule has 10 aromatic rings. The van der Waals surface area contributed by atoms with Crippen LogP contribution >= 0.6 is 23.5 Å². The van der Waals surface area contributed by atoms with Gasteiger partial charge in [0.25, 0.3) is 0 Å². The van der Waals surface area contributed by atoms with Gasteiger partial charge in [0.2, 0.25) is 18.6 Å². The lowest BCUT2D eigenvalue weighted by atomic mass is 9.36. The van der Waals surface area contributed by atoms with Crippen molar-refractivity contribution in [2.45, 2.75) is 19.6 Å². The molecule has 0 spiro atoms. The molecule has 0 radical (unpaired) electrons. The van der Waals surface area contributed by atoms with E-state index >= 15 is 0 Å². The molecule has 0 saturated carbocycles. The zero-order chi connectivity index (χ0) is 34.6. The summed E-state index contributed by atoms with van der Waals surface area (Å²) in [6.45, 7) is 0.184. The van der Waals surface area contributed by atoms with Gasteiger partial charge in [0.15, 0.2) is 5.82 Å². The maximum absolute atomic E-state index is 5.38. The van der Waals surface area contributed by atoms with Crippen molar-refractivity contribution < 1.29 is 0 Å². The molecule has 3 aromatic heterocycles. The average Bonchev–Trinajstić information content (AvgIpc) is 3.74. The molecule has 8 heteroatoms. The van der Waals surface area contributed by atoms with Crippen molar-refractivity contribution in [3.8, 4) is 23.3 Å². The largest absolute Gasteiger partial charge is 0.278 e. The topological polar surface area (TPSA) is 48.5 Å². The molecule has 7 aromatic carbocycles. The van der Waals surface area contributed by atoms with Crippen molar-refractivity contribution in [2.75, 3.05) is 0 Å². The van der Waals surface area contributed by atoms with Crippen LogP contribution in [0.25, 0.3) is 66.9 Å². The lowest BCUT2D eigenvalue weighted by molar-refractivity contribution is 0.892. The number of hydrogen-bond acceptors (Lipinski definition) is 5. The van der Waals surface area contributed by atoms with Gasteiger partial charge in [-0.3, -0.25) is 9.13 Å². The Balaban J connectivity index is 1.16. The maximum Gasteiger partial charge on any atom is 0.247 e. The smallest absolute Gasteiger partial charge is 0.247 e. The van der Waals surface area contributed by atoms with Crippen molar-refractivity contribution >= 4 is 90.2 Å². The highest BCUT2D eigenvalue weighted by Crippen LogP contribution is 2.41. The van der Waals surface area contributed by atoms with Crippen LogP contribution in [-0.4, -0.2) is 30.8 Å². The van der Waals surface area contributed by atoms with Gasteiger partial charge in [0.1, 0.15) is 0 Å². The number of nitrogens with zero attached hydrogens (tertiary/aromatic N) is 5. The first-order valence-corrected chi connectivity index (χ1v) is 19.4. The van der Waals surface area contributed by atoms with Gasteiger partial charge >= 0.3 is 0 Å². The zero-order valence-corrected chi connectivity index (χ0v) is 29.8. The minimum atomic E-state index is 0.184. The molecule has 2 aliphatic rings. The SMILES string of the molecule is c1ccc2c(c1)Sc1cc(-c3nc(-n4c5ccccc5c5ccccc54)nc(-n4c5ccccc5c5ccccc54)n3)cc3c1B2c1ccccc1S3. The Morgan fingerprint density at radius 2 is 0.774 bits per heavy atom. The molecule has 5 heterocycles. The molecule has 0 amide bonds. The van der Waals surface area contributed by atoms with Crippen LogP contribution in [0.15, 0.2) is 177 Å². The van der Waals surface area contributed by atoms with E-state index in [-0.39, 0.29) is 6.71 Å². The minimum absolute atomic E-state index is 0.184. The standard InChI is InChI=1S/C45H26BN5S2/c1-7-19-34-28(13-1)29-14-2-8-20-35(29)50(34)44-47-43(48-45(49-44)51-36-21-9-3-15-30(36)31-16-4-10-22-37(31)51)27-25-40-42-41(26-27)53-39-24-12-6-18-33(39)46(42)32-17-5-11-23-38(32)52-40/h1-26H. The van der Waals surface area contributed by atoms with E-state index in [4.69, 9.17) is 15.0 Å². The molecule has 0 saturated heterocycles. The third-order valence-corrected chi connectivity index (χ3v) is 13.0. The molecule has 0 fully saturated rings. The highest BCUT2D eigenvalue weighted by molar-refractivity contribution is 8.01. The summed E-state index contributed by atoms with van der Waals surface area (Å²) >= 11 is 3.70. The quantitative estimate of drug-likeness (QED) is 0.171. The molecule has 0 bridgehead atoms. The summed E-state index contributed by atoms with van der Waals surface area (Å²) < 4.78 is 4.39. The Morgan fingerprint density at radius 1 is 0.396 bits per heavy atom. The van der Waals surface area contributed by atoms with Gasteiger partial charge in [-0.1, -0.05) is 144 Å². The van der Waals surface area contributed by atoms with E-state index in [1.54, 1.807) is 0 Å². The first-order chi connectivity index (χ1) is 26.3. The second kappa shape index (κ2) is 11.2. The van der Waals surface area contributed by atoms with Gasteiger partial charge in [0, 0.05) is 46.7 Å². The van der Waals surface area contributed by atoms with E-state index in [9.17, 15) is 0 Å². The molecule has 5 nitrogen and oxygen atoms in total. The summed E-state index contributed by atoms with van der Waals surface area (Å²) in [5, 5.41) is 4.66. The number of aromatic nitrogens is 5. The molecule has 12 rings (SSSR count). The first-order valence-electron chi connectivity index (χ1n) is 17.7. The summed E-state index contributed by atoms with van der Waals surface area (Å²) in [6.07, 6.45) is 0. The molecule has 0 atom stereocenters. The van der Waals surface area contributed by atoms with Crippen LogP contribution in [0.4, 0.5) is 0 Å². The van der Waals surface area contributed by atoms with Crippen molar-refractivity contribution in [3.05, 3.63) is 158 Å². The Labute approximate surface area is 313 Å². The van der Waals surface area contributed by atoms with Crippen LogP contribution in [0, 0.1) is 0 Å². The predicted octanol–water partition coefficient (Wildman–Crippen LogP) is 9.18. The second-order valence-corrected chi connectivity index (χ2v) is 15.8. The fourth-order valence-electron chi connectivity index (χ4n) is 8.48. The monoisotopic (exact) mass is 711 g/mol. The van der Waals surface area contributed by atoms with E-state index in [1.165, 1.54) is 36.0 Å². The van der Waals surface area contributed by atoms with Gasteiger partial charge in [-0.15, -0.1) is 0 Å². The predicted molar refractivity (Wildman–Crippen MR) is 220 cm³/mol. The van der Waals surface area contributed by atoms with Crippen molar-refractivity contribution in [1.82, 2.24) is 24.1 Å². The maximum atomic E-state index is 5.38. The summed E-state index contributed by atoms with van der Waals surface area (Å²) in [7, 11) is 0. The van der Waals surface area contributed by atoms with Crippen LogP contribution in [0.1, 0.15) is 0 Å². The van der Waals surface area contributed by atoms with Gasteiger partial charge in [0.05, 0.1) is 22.1 Å². The van der Waals surface area contributed by atoms with Gasteiger partial charge in [-0.05, 0) is 54.0 Å². The van der Waals surface area contributed by atoms with Crippen LogP contribution in [0.5, 0.6) is 0 Å². The van der Waals surface area contributed by atoms with Gasteiger partial charge in [-0.2, -0.15) is 15.0 Å². The van der Waals surface area contributed by atoms with E-state index in [0.29, 0.717) is 17.7 Å². The summed E-state index contributed by atoms with van der Waals surface area (Å²) in [6, 6.07) is 56.4. The minimum Gasteiger partial charge on any atom is -0.278 e. The summed E-state index contributed by atoms with van der Waals surface area (Å²) in [5.74, 6) is 1.82. The van der Waals surface area contributed by atoms with Crippen LogP contribution in [-0.2, 0) is 0 Å². The Hall–Kier alpha value is -6.09. The number of fused-ring (bicyclic) bond motifs is 10. The fourth-order valence-corrected chi connectivity index (χ4v) is 11.0. The van der Waals surface area contributed by atoms with Crippen molar-refractivity contribution in [1.29, 1.82) is 0 Å². The molecular formula is C45H26BN5S2. The second-order valence-electron chi connectivity index (χ2n) is 13.6. The van der Waals surface area contributed by atoms with Crippen LogP contribution in [0.2, 0.25) is 0 Å². The summed E-state index contributed by atoms with van der Waals surface area (Å²) in [5.41, 5.74) is 9.32. The average molecular weight is 712 g/mol. The van der Waals surface area contributed by atoms with Gasteiger partial charge in [-0.25, -0.2) is 0 Å². The van der Waals surface area contributed by atoms with Crippen molar-refractivity contribution in [3.63, 3.8) is 0 Å². The lowest BCUT2D eigenvalue weighted by Gasteiger charge is -2.33. The summed E-state index contributed by atoms with van der Waals surface area (Å²) in [4.78, 5) is 21.2. The Morgan fingerprint density at radius 3 is 1.21 bits per heavy atom. The number of benzene rings is 7. The number of rotatable bonds is 3. The van der Waals surface area contributed by atoms with Crippen molar-refractivity contribution in [2.24, 2.45) is 0 Å². The highest BCUT2D eigenvalue weighted by atomic mass is 32.2. The molecular weight excluding hydrogens is 685 g/mol. The van der Waals surface area contributed by atoms with Crippen LogP contribution < -0.4 is 16.4 Å². The molecule has 53 heavy (non-hydrogen) atoms. The fraction of sp³-hybridized carbons (Fsp3) is 0. The van der Waals surface area contributed by atoms with E-state index in [1.807, 2.05) is 23.5 Å². The number of hydrogen-bond donors (Lipinski definition) is 0. The lowest BCUT2D eigenvalue weighted by Crippen LogP contribution is -2.57. The third-order valence-electron chi connectivity index (χ3n) is 10.7. The number of para-hydroxylation sites is 4. The Bertz CT molecular complexity index is 2860. The molecule has 0 unspecified atom stereocenters. The molecule has 0 N–H and O–H groups in total. The van der Waals surface area contributed by atoms with Gasteiger partial charge < -0.3 is 0 Å². The van der Waals surface area contributed by atoms with E-state index in [2.05, 4.69) is 167 Å². The third kappa shape index (κ3) is 4.28. The van der Waals surface area contributed by atoms with E-state index < -0.39 is 0 Å². The zero-order valence-electron chi connectivity index (χ0n) is 28.1.